The number of nitrogens with zero attached hydrogens (tertiary/aromatic N) is 1. The number of hydrogen-bond acceptors (Lipinski definition) is 3. The molecule has 0 saturated carbocycles. The highest BCUT2D eigenvalue weighted by Crippen LogP contribution is 2.16. The van der Waals surface area contributed by atoms with Gasteiger partial charge in [0.15, 0.2) is 0 Å². The summed E-state index contributed by atoms with van der Waals surface area (Å²) in [6.45, 7) is 13.2. The molecule has 1 fully saturated rings. The minimum Gasteiger partial charge on any atom is -0.381 e. The predicted molar refractivity (Wildman–Crippen MR) is 73.4 cm³/mol. The monoisotopic (exact) mass is 242 g/mol. The number of rotatable bonds is 8. The summed E-state index contributed by atoms with van der Waals surface area (Å²) < 4.78 is 5.64. The van der Waals surface area contributed by atoms with Gasteiger partial charge in [-0.2, -0.15) is 0 Å². The maximum Gasteiger partial charge on any atom is 0.0521 e. The van der Waals surface area contributed by atoms with Crippen molar-refractivity contribution < 1.29 is 4.74 Å². The van der Waals surface area contributed by atoms with Gasteiger partial charge in [-0.05, 0) is 32.5 Å². The Hall–Kier alpha value is -0.120. The highest BCUT2D eigenvalue weighted by molar-refractivity contribution is 4.81. The number of ether oxygens (including phenoxy) is 1. The zero-order valence-electron chi connectivity index (χ0n) is 11.9. The van der Waals surface area contributed by atoms with E-state index >= 15 is 0 Å². The van der Waals surface area contributed by atoms with E-state index in [1.54, 1.807) is 0 Å². The Bertz CT molecular complexity index is 185. The lowest BCUT2D eigenvalue weighted by molar-refractivity contribution is 0.0174. The molecular formula is C14H30N2O. The molecule has 0 bridgehead atoms. The smallest absolute Gasteiger partial charge is 0.0521 e. The molecule has 3 heteroatoms. The molecule has 17 heavy (non-hydrogen) atoms. The normalized spacial score (nSPS) is 25.4. The zero-order valence-corrected chi connectivity index (χ0v) is 11.9. The molecule has 0 aliphatic carbocycles. The van der Waals surface area contributed by atoms with Crippen molar-refractivity contribution in [3.05, 3.63) is 0 Å². The van der Waals surface area contributed by atoms with Gasteiger partial charge in [0.05, 0.1) is 6.61 Å². The molecule has 2 atom stereocenters. The second-order valence-corrected chi connectivity index (χ2v) is 5.03. The van der Waals surface area contributed by atoms with Crippen LogP contribution in [0.4, 0.5) is 0 Å². The van der Waals surface area contributed by atoms with E-state index in [2.05, 4.69) is 31.0 Å². The highest BCUT2D eigenvalue weighted by Gasteiger charge is 2.26. The van der Waals surface area contributed by atoms with E-state index in [1.165, 1.54) is 32.4 Å². The van der Waals surface area contributed by atoms with E-state index in [0.29, 0.717) is 12.0 Å². The van der Waals surface area contributed by atoms with Crippen LogP contribution in [0.2, 0.25) is 0 Å². The number of unbranched alkanes of at least 4 members (excludes halogenated alkanes) is 1. The number of nitrogens with one attached hydrogen (secondary N) is 1. The summed E-state index contributed by atoms with van der Waals surface area (Å²) >= 11 is 0. The van der Waals surface area contributed by atoms with Crippen molar-refractivity contribution in [1.82, 2.24) is 10.2 Å². The van der Waals surface area contributed by atoms with Crippen molar-refractivity contribution in [2.24, 2.45) is 5.92 Å². The Morgan fingerprint density at radius 3 is 2.76 bits per heavy atom. The summed E-state index contributed by atoms with van der Waals surface area (Å²) in [6, 6.07) is 0.657. The fourth-order valence-electron chi connectivity index (χ4n) is 2.60. The zero-order chi connectivity index (χ0) is 12.5. The van der Waals surface area contributed by atoms with Gasteiger partial charge in [-0.15, -0.1) is 0 Å². The van der Waals surface area contributed by atoms with E-state index < -0.39 is 0 Å². The van der Waals surface area contributed by atoms with E-state index in [-0.39, 0.29) is 0 Å². The molecule has 0 aromatic carbocycles. The van der Waals surface area contributed by atoms with Gasteiger partial charge in [0.1, 0.15) is 0 Å². The lowest BCUT2D eigenvalue weighted by Crippen LogP contribution is -2.47. The molecule has 0 aromatic heterocycles. The van der Waals surface area contributed by atoms with E-state index in [4.69, 9.17) is 4.74 Å². The van der Waals surface area contributed by atoms with Crippen LogP contribution in [-0.4, -0.2) is 50.3 Å². The summed E-state index contributed by atoms with van der Waals surface area (Å²) in [5.41, 5.74) is 0. The van der Waals surface area contributed by atoms with Crippen molar-refractivity contribution in [1.29, 1.82) is 0 Å². The standard InChI is InChI=1S/C14H30N2O/c1-4-7-9-16(6-3)11-13-12-17-10-8-14(13)15-5-2/h13-15H,4-12H2,1-3H3. The van der Waals surface area contributed by atoms with E-state index in [9.17, 15) is 0 Å². The maximum absolute atomic E-state index is 5.64. The first kappa shape index (κ1) is 14.9. The fraction of sp³-hybridized carbons (Fsp3) is 1.00. The molecule has 0 spiro atoms. The summed E-state index contributed by atoms with van der Waals surface area (Å²) in [5, 5.41) is 3.61. The third-order valence-corrected chi connectivity index (χ3v) is 3.71. The van der Waals surface area contributed by atoms with Crippen LogP contribution < -0.4 is 5.32 Å². The molecule has 1 aliphatic rings. The third-order valence-electron chi connectivity index (χ3n) is 3.71. The third kappa shape index (κ3) is 5.36. The second kappa shape index (κ2) is 8.90. The highest BCUT2D eigenvalue weighted by atomic mass is 16.5. The van der Waals surface area contributed by atoms with Crippen LogP contribution in [0.15, 0.2) is 0 Å². The van der Waals surface area contributed by atoms with Crippen LogP contribution in [0, 0.1) is 5.92 Å². The Morgan fingerprint density at radius 2 is 2.12 bits per heavy atom. The molecule has 1 heterocycles. The average Bonchev–Trinajstić information content (AvgIpc) is 2.36. The van der Waals surface area contributed by atoms with E-state index in [0.717, 1.165) is 26.3 Å². The van der Waals surface area contributed by atoms with Gasteiger partial charge in [-0.3, -0.25) is 0 Å². The molecule has 102 valence electrons. The summed E-state index contributed by atoms with van der Waals surface area (Å²) in [5.74, 6) is 0.667. The van der Waals surface area contributed by atoms with Crippen LogP contribution in [0.25, 0.3) is 0 Å². The lowest BCUT2D eigenvalue weighted by Gasteiger charge is -2.35. The summed E-state index contributed by atoms with van der Waals surface area (Å²) in [4.78, 5) is 2.58. The van der Waals surface area contributed by atoms with Gasteiger partial charge >= 0.3 is 0 Å². The molecule has 2 unspecified atom stereocenters. The molecule has 1 aliphatic heterocycles. The maximum atomic E-state index is 5.64. The Kier molecular flexibility index (Phi) is 7.82. The van der Waals surface area contributed by atoms with Crippen LogP contribution in [0.5, 0.6) is 0 Å². The first-order chi connectivity index (χ1) is 8.31. The fourth-order valence-corrected chi connectivity index (χ4v) is 2.60. The summed E-state index contributed by atoms with van der Waals surface area (Å²) in [7, 11) is 0. The SMILES string of the molecule is CCCCN(CC)CC1COCCC1NCC. The Morgan fingerprint density at radius 1 is 1.29 bits per heavy atom. The molecule has 0 aromatic rings. The molecular weight excluding hydrogens is 212 g/mol. The lowest BCUT2D eigenvalue weighted by atomic mass is 9.95. The van der Waals surface area contributed by atoms with Crippen molar-refractivity contribution in [3.63, 3.8) is 0 Å². The van der Waals surface area contributed by atoms with E-state index in [1.807, 2.05) is 0 Å². The van der Waals surface area contributed by atoms with Gasteiger partial charge in [0.25, 0.3) is 0 Å². The Balaban J connectivity index is 2.38. The molecule has 1 N–H and O–H groups in total. The predicted octanol–water partition coefficient (Wildman–Crippen LogP) is 2.12. The second-order valence-electron chi connectivity index (χ2n) is 5.03. The topological polar surface area (TPSA) is 24.5 Å². The van der Waals surface area contributed by atoms with Gasteiger partial charge in [-0.25, -0.2) is 0 Å². The van der Waals surface area contributed by atoms with Gasteiger partial charge in [-0.1, -0.05) is 27.2 Å². The van der Waals surface area contributed by atoms with Gasteiger partial charge in [0.2, 0.25) is 0 Å². The number of hydrogen-bond donors (Lipinski definition) is 1. The van der Waals surface area contributed by atoms with Gasteiger partial charge < -0.3 is 15.0 Å². The molecule has 3 nitrogen and oxygen atoms in total. The first-order valence-electron chi connectivity index (χ1n) is 7.35. The minimum absolute atomic E-state index is 0.657. The van der Waals surface area contributed by atoms with Crippen molar-refractivity contribution in [2.45, 2.75) is 46.1 Å². The van der Waals surface area contributed by atoms with Gasteiger partial charge in [0, 0.05) is 25.1 Å². The first-order valence-corrected chi connectivity index (χ1v) is 7.35. The summed E-state index contributed by atoms with van der Waals surface area (Å²) in [6.07, 6.45) is 3.77. The van der Waals surface area contributed by atoms with Crippen molar-refractivity contribution in [2.75, 3.05) is 39.4 Å². The average molecular weight is 242 g/mol. The van der Waals surface area contributed by atoms with Crippen LogP contribution in [0.1, 0.15) is 40.0 Å². The Labute approximate surface area is 107 Å². The molecule has 0 radical (unpaired) electrons. The quantitative estimate of drug-likeness (QED) is 0.705. The minimum atomic E-state index is 0.657. The van der Waals surface area contributed by atoms with Crippen molar-refractivity contribution in [3.8, 4) is 0 Å². The van der Waals surface area contributed by atoms with Crippen LogP contribution in [0.3, 0.4) is 0 Å². The van der Waals surface area contributed by atoms with Crippen molar-refractivity contribution >= 4 is 0 Å². The molecule has 1 rings (SSSR count). The molecule has 1 saturated heterocycles. The van der Waals surface area contributed by atoms with Crippen LogP contribution in [-0.2, 0) is 4.74 Å². The van der Waals surface area contributed by atoms with Crippen LogP contribution >= 0.6 is 0 Å². The molecule has 0 amide bonds. The largest absolute Gasteiger partial charge is 0.381 e.